The molecule has 2 aromatic carbocycles. The average molecular weight is 281 g/mol. The van der Waals surface area contributed by atoms with E-state index in [-0.39, 0.29) is 5.82 Å². The third-order valence-electron chi connectivity index (χ3n) is 4.06. The summed E-state index contributed by atoms with van der Waals surface area (Å²) in [7, 11) is 0. The number of rotatable bonds is 5. The fourth-order valence-electron chi connectivity index (χ4n) is 2.66. The normalized spacial score (nSPS) is 13.4. The average Bonchev–Trinajstić information content (AvgIpc) is 2.52. The van der Waals surface area contributed by atoms with Gasteiger partial charge in [0.2, 0.25) is 0 Å². The molecular formula is C19H20FN. The summed E-state index contributed by atoms with van der Waals surface area (Å²) < 4.78 is 13.3. The highest BCUT2D eigenvalue weighted by molar-refractivity contribution is 5.39. The van der Waals surface area contributed by atoms with Gasteiger partial charge in [0, 0.05) is 0 Å². The van der Waals surface area contributed by atoms with Crippen LogP contribution in [0, 0.1) is 17.1 Å². The summed E-state index contributed by atoms with van der Waals surface area (Å²) in [4.78, 5) is 0. The summed E-state index contributed by atoms with van der Waals surface area (Å²) in [5, 5.41) is 9.16. The SMILES string of the molecule is CC(CCC(C)c1ccccc1C#N)c1cccc(F)c1. The second kappa shape index (κ2) is 7.04. The molecule has 0 aliphatic heterocycles. The van der Waals surface area contributed by atoms with Crippen LogP contribution >= 0.6 is 0 Å². The second-order valence-corrected chi connectivity index (χ2v) is 5.63. The maximum atomic E-state index is 13.3. The van der Waals surface area contributed by atoms with E-state index in [1.54, 1.807) is 12.1 Å². The molecule has 21 heavy (non-hydrogen) atoms. The van der Waals surface area contributed by atoms with Gasteiger partial charge in [0.25, 0.3) is 0 Å². The minimum absolute atomic E-state index is 0.178. The smallest absolute Gasteiger partial charge is 0.123 e. The van der Waals surface area contributed by atoms with Crippen molar-refractivity contribution in [3.63, 3.8) is 0 Å². The minimum Gasteiger partial charge on any atom is -0.207 e. The first-order chi connectivity index (χ1) is 10.1. The first-order valence-electron chi connectivity index (χ1n) is 7.36. The Morgan fingerprint density at radius 3 is 2.43 bits per heavy atom. The van der Waals surface area contributed by atoms with Crippen molar-refractivity contribution in [2.75, 3.05) is 0 Å². The molecule has 0 saturated heterocycles. The van der Waals surface area contributed by atoms with E-state index in [0.29, 0.717) is 11.8 Å². The zero-order chi connectivity index (χ0) is 15.2. The van der Waals surface area contributed by atoms with Gasteiger partial charge < -0.3 is 0 Å². The first kappa shape index (κ1) is 15.3. The molecule has 0 aliphatic carbocycles. The van der Waals surface area contributed by atoms with E-state index >= 15 is 0 Å². The molecule has 1 nitrogen and oxygen atoms in total. The van der Waals surface area contributed by atoms with E-state index in [1.165, 1.54) is 6.07 Å². The maximum Gasteiger partial charge on any atom is 0.123 e. The molecule has 0 amide bonds. The third kappa shape index (κ3) is 3.92. The molecule has 0 radical (unpaired) electrons. The summed E-state index contributed by atoms with van der Waals surface area (Å²) in [6.45, 7) is 4.27. The predicted octanol–water partition coefficient (Wildman–Crippen LogP) is 5.38. The van der Waals surface area contributed by atoms with Gasteiger partial charge in [-0.3, -0.25) is 0 Å². The standard InChI is InChI=1S/C19H20FN/c1-14(16-7-5-8-18(20)12-16)10-11-15(2)19-9-4-3-6-17(19)13-21/h3-9,12,14-15H,10-11H2,1-2H3. The van der Waals surface area contributed by atoms with Crippen molar-refractivity contribution in [1.82, 2.24) is 0 Å². The minimum atomic E-state index is -0.178. The third-order valence-corrected chi connectivity index (χ3v) is 4.06. The Kier molecular flexibility index (Phi) is 5.11. The summed E-state index contributed by atoms with van der Waals surface area (Å²) in [5.74, 6) is 0.469. The molecule has 2 aromatic rings. The maximum absolute atomic E-state index is 13.3. The number of halogens is 1. The lowest BCUT2D eigenvalue weighted by atomic mass is 9.87. The van der Waals surface area contributed by atoms with E-state index in [1.807, 2.05) is 30.3 Å². The van der Waals surface area contributed by atoms with Gasteiger partial charge in [0.05, 0.1) is 11.6 Å². The van der Waals surface area contributed by atoms with Crippen LogP contribution in [-0.2, 0) is 0 Å². The largest absolute Gasteiger partial charge is 0.207 e. The van der Waals surface area contributed by atoms with Crippen LogP contribution in [0.3, 0.4) is 0 Å². The summed E-state index contributed by atoms with van der Waals surface area (Å²) in [6, 6.07) is 16.8. The van der Waals surface area contributed by atoms with Crippen LogP contribution in [0.1, 0.15) is 55.2 Å². The second-order valence-electron chi connectivity index (χ2n) is 5.63. The monoisotopic (exact) mass is 281 g/mol. The lowest BCUT2D eigenvalue weighted by Crippen LogP contribution is -2.01. The Hall–Kier alpha value is -2.14. The van der Waals surface area contributed by atoms with Gasteiger partial charge in [0.15, 0.2) is 0 Å². The van der Waals surface area contributed by atoms with Gasteiger partial charge in [-0.05, 0) is 54.0 Å². The van der Waals surface area contributed by atoms with Gasteiger partial charge in [-0.25, -0.2) is 4.39 Å². The number of benzene rings is 2. The Labute approximate surface area is 126 Å². The molecule has 2 unspecified atom stereocenters. The van der Waals surface area contributed by atoms with Gasteiger partial charge in [-0.1, -0.05) is 44.2 Å². The molecule has 0 aromatic heterocycles. The number of hydrogen-bond donors (Lipinski definition) is 0. The molecule has 0 saturated carbocycles. The van der Waals surface area contributed by atoms with Crippen molar-refractivity contribution >= 4 is 0 Å². The van der Waals surface area contributed by atoms with Crippen LogP contribution in [0.2, 0.25) is 0 Å². The molecule has 0 fully saturated rings. The highest BCUT2D eigenvalue weighted by Crippen LogP contribution is 2.29. The van der Waals surface area contributed by atoms with E-state index < -0.39 is 0 Å². The molecule has 2 atom stereocenters. The lowest BCUT2D eigenvalue weighted by molar-refractivity contribution is 0.567. The highest BCUT2D eigenvalue weighted by atomic mass is 19.1. The topological polar surface area (TPSA) is 23.8 Å². The van der Waals surface area contributed by atoms with E-state index in [4.69, 9.17) is 5.26 Å². The molecule has 0 spiro atoms. The molecule has 2 heteroatoms. The Bertz CT molecular complexity index is 642. The number of nitrogens with zero attached hydrogens (tertiary/aromatic N) is 1. The van der Waals surface area contributed by atoms with Crippen LogP contribution in [0.15, 0.2) is 48.5 Å². The summed E-state index contributed by atoms with van der Waals surface area (Å²) in [6.07, 6.45) is 1.96. The van der Waals surface area contributed by atoms with Gasteiger partial charge in [-0.2, -0.15) is 5.26 Å². The molecular weight excluding hydrogens is 261 g/mol. The van der Waals surface area contributed by atoms with Gasteiger partial charge in [-0.15, -0.1) is 0 Å². The van der Waals surface area contributed by atoms with Gasteiger partial charge >= 0.3 is 0 Å². The number of hydrogen-bond acceptors (Lipinski definition) is 1. The van der Waals surface area contributed by atoms with Crippen LogP contribution < -0.4 is 0 Å². The molecule has 108 valence electrons. The molecule has 0 heterocycles. The zero-order valence-electron chi connectivity index (χ0n) is 12.5. The summed E-state index contributed by atoms with van der Waals surface area (Å²) in [5.41, 5.74) is 2.89. The first-order valence-corrected chi connectivity index (χ1v) is 7.36. The fraction of sp³-hybridized carbons (Fsp3) is 0.316. The molecule has 0 bridgehead atoms. The van der Waals surface area contributed by atoms with Crippen molar-refractivity contribution in [2.24, 2.45) is 0 Å². The van der Waals surface area contributed by atoms with E-state index in [0.717, 1.165) is 29.5 Å². The van der Waals surface area contributed by atoms with Crippen molar-refractivity contribution in [3.05, 3.63) is 71.0 Å². The van der Waals surface area contributed by atoms with Crippen molar-refractivity contribution in [2.45, 2.75) is 38.5 Å². The fourth-order valence-corrected chi connectivity index (χ4v) is 2.66. The summed E-state index contributed by atoms with van der Waals surface area (Å²) >= 11 is 0. The predicted molar refractivity (Wildman–Crippen MR) is 83.6 cm³/mol. The van der Waals surface area contributed by atoms with Gasteiger partial charge in [0.1, 0.15) is 5.82 Å². The quantitative estimate of drug-likeness (QED) is 0.721. The van der Waals surface area contributed by atoms with Crippen LogP contribution in [0.25, 0.3) is 0 Å². The molecule has 0 N–H and O–H groups in total. The van der Waals surface area contributed by atoms with Crippen LogP contribution in [0.4, 0.5) is 4.39 Å². The molecule has 0 aliphatic rings. The Morgan fingerprint density at radius 2 is 1.71 bits per heavy atom. The van der Waals surface area contributed by atoms with Crippen LogP contribution in [0.5, 0.6) is 0 Å². The van der Waals surface area contributed by atoms with Crippen molar-refractivity contribution in [3.8, 4) is 6.07 Å². The molecule has 2 rings (SSSR count). The Morgan fingerprint density at radius 1 is 1.00 bits per heavy atom. The van der Waals surface area contributed by atoms with Crippen molar-refractivity contribution in [1.29, 1.82) is 5.26 Å². The Balaban J connectivity index is 2.01. The number of nitriles is 1. The van der Waals surface area contributed by atoms with E-state index in [9.17, 15) is 4.39 Å². The lowest BCUT2D eigenvalue weighted by Gasteiger charge is -2.17. The van der Waals surface area contributed by atoms with Crippen LogP contribution in [-0.4, -0.2) is 0 Å². The highest BCUT2D eigenvalue weighted by Gasteiger charge is 2.13. The zero-order valence-corrected chi connectivity index (χ0v) is 12.5. The van der Waals surface area contributed by atoms with Crippen molar-refractivity contribution < 1.29 is 4.39 Å². The van der Waals surface area contributed by atoms with E-state index in [2.05, 4.69) is 19.9 Å².